The van der Waals surface area contributed by atoms with Gasteiger partial charge in [0.05, 0.1) is 17.8 Å². The van der Waals surface area contributed by atoms with Gasteiger partial charge in [0.2, 0.25) is 5.91 Å². The number of sulfonamides is 1. The molecular formula is C22H19FN2O4S2. The molecule has 0 aliphatic carbocycles. The van der Waals surface area contributed by atoms with E-state index >= 15 is 0 Å². The quantitative estimate of drug-likeness (QED) is 0.592. The summed E-state index contributed by atoms with van der Waals surface area (Å²) in [5.41, 5.74) is 1.88. The van der Waals surface area contributed by atoms with E-state index in [-0.39, 0.29) is 16.2 Å². The van der Waals surface area contributed by atoms with Crippen LogP contribution in [0.25, 0.3) is 0 Å². The van der Waals surface area contributed by atoms with Crippen LogP contribution < -0.4 is 14.4 Å². The Labute approximate surface area is 184 Å². The largest absolute Gasteiger partial charge is 0.497 e. The maximum Gasteiger partial charge on any atom is 0.261 e. The molecule has 0 saturated carbocycles. The molecule has 1 unspecified atom stereocenters. The molecular weight excluding hydrogens is 439 g/mol. The van der Waals surface area contributed by atoms with E-state index in [0.717, 1.165) is 23.4 Å². The Morgan fingerprint density at radius 1 is 1.06 bits per heavy atom. The SMILES string of the molecule is COc1ccc(N2C(=O)CSC2c2cccc(NS(=O)(=O)c3ccc(F)cc3)c2)cc1. The summed E-state index contributed by atoms with van der Waals surface area (Å²) < 4.78 is 46.1. The van der Waals surface area contributed by atoms with Crippen molar-refractivity contribution in [3.05, 3.63) is 84.2 Å². The molecule has 160 valence electrons. The third kappa shape index (κ3) is 4.52. The van der Waals surface area contributed by atoms with Crippen molar-refractivity contribution in [2.75, 3.05) is 22.5 Å². The number of carbonyl (C=O) groups is 1. The molecule has 6 nitrogen and oxygen atoms in total. The lowest BCUT2D eigenvalue weighted by Gasteiger charge is -2.25. The summed E-state index contributed by atoms with van der Waals surface area (Å²) in [6, 6.07) is 18.7. The predicted molar refractivity (Wildman–Crippen MR) is 119 cm³/mol. The van der Waals surface area contributed by atoms with E-state index in [9.17, 15) is 17.6 Å². The smallest absolute Gasteiger partial charge is 0.261 e. The van der Waals surface area contributed by atoms with Gasteiger partial charge >= 0.3 is 0 Å². The third-order valence-corrected chi connectivity index (χ3v) is 7.38. The molecule has 1 saturated heterocycles. The molecule has 9 heteroatoms. The monoisotopic (exact) mass is 458 g/mol. The number of nitrogens with one attached hydrogen (secondary N) is 1. The zero-order valence-electron chi connectivity index (χ0n) is 16.5. The van der Waals surface area contributed by atoms with E-state index in [1.165, 1.54) is 23.9 Å². The molecule has 1 heterocycles. The molecule has 3 aromatic carbocycles. The summed E-state index contributed by atoms with van der Waals surface area (Å²) in [6.45, 7) is 0. The van der Waals surface area contributed by atoms with Gasteiger partial charge in [-0.15, -0.1) is 11.8 Å². The van der Waals surface area contributed by atoms with Gasteiger partial charge in [-0.3, -0.25) is 14.4 Å². The van der Waals surface area contributed by atoms with Crippen LogP contribution >= 0.6 is 11.8 Å². The number of benzene rings is 3. The van der Waals surface area contributed by atoms with Crippen LogP contribution in [0, 0.1) is 5.82 Å². The van der Waals surface area contributed by atoms with Gasteiger partial charge in [0.1, 0.15) is 16.9 Å². The average Bonchev–Trinajstić information content (AvgIpc) is 3.15. The molecule has 0 spiro atoms. The summed E-state index contributed by atoms with van der Waals surface area (Å²) in [6.07, 6.45) is 0. The highest BCUT2D eigenvalue weighted by atomic mass is 32.2. The van der Waals surface area contributed by atoms with Gasteiger partial charge in [0.15, 0.2) is 0 Å². The predicted octanol–water partition coefficient (Wildman–Crippen LogP) is 4.41. The van der Waals surface area contributed by atoms with E-state index in [0.29, 0.717) is 17.2 Å². The second kappa shape index (κ2) is 8.60. The highest BCUT2D eigenvalue weighted by Crippen LogP contribution is 2.42. The van der Waals surface area contributed by atoms with Crippen LogP contribution in [0.2, 0.25) is 0 Å². The molecule has 1 aliphatic rings. The zero-order chi connectivity index (χ0) is 22.0. The first-order valence-corrected chi connectivity index (χ1v) is 11.9. The van der Waals surface area contributed by atoms with Crippen LogP contribution in [0.5, 0.6) is 5.75 Å². The Morgan fingerprint density at radius 2 is 1.77 bits per heavy atom. The van der Waals surface area contributed by atoms with Crippen molar-refractivity contribution in [3.63, 3.8) is 0 Å². The van der Waals surface area contributed by atoms with Gasteiger partial charge in [-0.25, -0.2) is 12.8 Å². The minimum Gasteiger partial charge on any atom is -0.497 e. The first-order chi connectivity index (χ1) is 14.9. The Bertz CT molecular complexity index is 1200. The normalized spacial score (nSPS) is 16.4. The number of rotatable bonds is 6. The third-order valence-electron chi connectivity index (χ3n) is 4.77. The Morgan fingerprint density at radius 3 is 2.45 bits per heavy atom. The molecule has 4 rings (SSSR count). The number of hydrogen-bond donors (Lipinski definition) is 1. The summed E-state index contributed by atoms with van der Waals surface area (Å²) in [5, 5.41) is -0.295. The van der Waals surface area contributed by atoms with Crippen molar-refractivity contribution in [2.24, 2.45) is 0 Å². The van der Waals surface area contributed by atoms with E-state index in [4.69, 9.17) is 4.74 Å². The number of ether oxygens (including phenoxy) is 1. The first-order valence-electron chi connectivity index (χ1n) is 9.33. The van der Waals surface area contributed by atoms with Crippen molar-refractivity contribution in [1.82, 2.24) is 0 Å². The fourth-order valence-electron chi connectivity index (χ4n) is 3.28. The van der Waals surface area contributed by atoms with Crippen LogP contribution in [0.3, 0.4) is 0 Å². The van der Waals surface area contributed by atoms with E-state index in [2.05, 4.69) is 4.72 Å². The second-order valence-electron chi connectivity index (χ2n) is 6.81. The highest BCUT2D eigenvalue weighted by molar-refractivity contribution is 8.00. The van der Waals surface area contributed by atoms with E-state index < -0.39 is 15.8 Å². The van der Waals surface area contributed by atoms with Crippen molar-refractivity contribution >= 4 is 39.1 Å². The number of carbonyl (C=O) groups excluding carboxylic acids is 1. The maximum absolute atomic E-state index is 13.1. The number of hydrogen-bond acceptors (Lipinski definition) is 5. The lowest BCUT2D eigenvalue weighted by molar-refractivity contribution is -0.115. The lowest BCUT2D eigenvalue weighted by atomic mass is 10.1. The molecule has 0 radical (unpaired) electrons. The fourth-order valence-corrected chi connectivity index (χ4v) is 5.49. The number of amides is 1. The fraction of sp³-hybridized carbons (Fsp3) is 0.136. The van der Waals surface area contributed by atoms with Crippen molar-refractivity contribution in [2.45, 2.75) is 10.3 Å². The average molecular weight is 459 g/mol. The van der Waals surface area contributed by atoms with Gasteiger partial charge < -0.3 is 4.74 Å². The number of methoxy groups -OCH3 is 1. The lowest BCUT2D eigenvalue weighted by Crippen LogP contribution is -2.27. The Kier molecular flexibility index (Phi) is 5.88. The minimum absolute atomic E-state index is 0.0301. The van der Waals surface area contributed by atoms with Crippen molar-refractivity contribution < 1.29 is 22.3 Å². The number of halogens is 1. The molecule has 1 amide bonds. The molecule has 1 atom stereocenters. The molecule has 3 aromatic rings. The molecule has 0 aromatic heterocycles. The van der Waals surface area contributed by atoms with Gasteiger partial charge in [-0.2, -0.15) is 0 Å². The zero-order valence-corrected chi connectivity index (χ0v) is 18.1. The summed E-state index contributed by atoms with van der Waals surface area (Å²) in [7, 11) is -2.30. The number of anilines is 2. The van der Waals surface area contributed by atoms with Crippen LogP contribution in [0.4, 0.5) is 15.8 Å². The van der Waals surface area contributed by atoms with Gasteiger partial charge in [0, 0.05) is 11.4 Å². The maximum atomic E-state index is 13.1. The summed E-state index contributed by atoms with van der Waals surface area (Å²) in [4.78, 5) is 14.2. The molecule has 0 bridgehead atoms. The van der Waals surface area contributed by atoms with Crippen molar-refractivity contribution in [1.29, 1.82) is 0 Å². The topological polar surface area (TPSA) is 75.7 Å². The van der Waals surface area contributed by atoms with Gasteiger partial charge in [-0.05, 0) is 66.2 Å². The van der Waals surface area contributed by atoms with Crippen molar-refractivity contribution in [3.8, 4) is 5.75 Å². The van der Waals surface area contributed by atoms with Crippen LogP contribution in [0.15, 0.2) is 77.7 Å². The number of nitrogens with zero attached hydrogens (tertiary/aromatic N) is 1. The molecule has 1 aliphatic heterocycles. The Hall–Kier alpha value is -3.04. The van der Waals surface area contributed by atoms with E-state index in [1.807, 2.05) is 18.2 Å². The molecule has 1 fully saturated rings. The van der Waals surface area contributed by atoms with Gasteiger partial charge in [0.25, 0.3) is 10.0 Å². The second-order valence-corrected chi connectivity index (χ2v) is 9.56. The molecule has 31 heavy (non-hydrogen) atoms. The minimum atomic E-state index is -3.87. The standard InChI is InChI=1S/C22H19FN2O4S2/c1-29-19-9-7-18(8-10-19)25-21(26)14-30-22(25)15-3-2-4-17(13-15)24-31(27,28)20-11-5-16(23)6-12-20/h2-13,22,24H,14H2,1H3. The highest BCUT2D eigenvalue weighted by Gasteiger charge is 2.34. The first kappa shape index (κ1) is 21.2. The van der Waals surface area contributed by atoms with E-state index in [1.54, 1.807) is 42.3 Å². The van der Waals surface area contributed by atoms with Gasteiger partial charge in [-0.1, -0.05) is 12.1 Å². The molecule has 1 N–H and O–H groups in total. The van der Waals surface area contributed by atoms with Crippen LogP contribution in [-0.4, -0.2) is 27.2 Å². The van der Waals surface area contributed by atoms with Crippen LogP contribution in [0.1, 0.15) is 10.9 Å². The number of thioether (sulfide) groups is 1. The summed E-state index contributed by atoms with van der Waals surface area (Å²) >= 11 is 1.47. The Balaban J connectivity index is 1.60. The van der Waals surface area contributed by atoms with Crippen LogP contribution in [-0.2, 0) is 14.8 Å². The summed E-state index contributed by atoms with van der Waals surface area (Å²) in [5.74, 6) is 0.471.